The minimum Gasteiger partial charge on any atom is -0.322 e. The highest BCUT2D eigenvalue weighted by molar-refractivity contribution is 6.15. The van der Waals surface area contributed by atoms with E-state index in [0.29, 0.717) is 35.1 Å². The fourth-order valence-corrected chi connectivity index (χ4v) is 6.66. The van der Waals surface area contributed by atoms with Crippen molar-refractivity contribution in [1.29, 1.82) is 0 Å². The third kappa shape index (κ3) is 4.53. The van der Waals surface area contributed by atoms with Gasteiger partial charge in [0.25, 0.3) is 5.91 Å². The van der Waals surface area contributed by atoms with Gasteiger partial charge in [-0.1, -0.05) is 38.2 Å². The first-order chi connectivity index (χ1) is 16.3. The van der Waals surface area contributed by atoms with Gasteiger partial charge < -0.3 is 10.2 Å². The Balaban J connectivity index is 1.32. The van der Waals surface area contributed by atoms with Crippen molar-refractivity contribution < 1.29 is 18.8 Å². The summed E-state index contributed by atoms with van der Waals surface area (Å²) in [5, 5.41) is 6.29. The van der Waals surface area contributed by atoms with Gasteiger partial charge in [-0.05, 0) is 61.5 Å². The van der Waals surface area contributed by atoms with Gasteiger partial charge in [0, 0.05) is 23.6 Å². The van der Waals surface area contributed by atoms with E-state index in [1.165, 1.54) is 49.8 Å². The standard InChI is InChI=1S/C26H35BFN3O3/c27-26(12-4-1-5-13-26)30-20-7-3-2-6-16(20)14-17-8-9-18-19(23(17)28)15-31(25(18)34)21-10-11-22(32)29-24(21)33/h8-9,16,20-21,30H,1-7,10-15,27H2,(H,29,32,33)/t16-,20+,21?/m1/s1. The summed E-state index contributed by atoms with van der Waals surface area (Å²) in [5.74, 6) is -1.03. The largest absolute Gasteiger partial charge is 0.322 e. The van der Waals surface area contributed by atoms with E-state index < -0.39 is 11.9 Å². The summed E-state index contributed by atoms with van der Waals surface area (Å²) in [6.45, 7) is 0.0878. The van der Waals surface area contributed by atoms with E-state index in [4.69, 9.17) is 0 Å². The molecule has 0 radical (unpaired) electrons. The van der Waals surface area contributed by atoms with E-state index in [0.717, 1.165) is 12.8 Å². The molecule has 34 heavy (non-hydrogen) atoms. The van der Waals surface area contributed by atoms with Crippen LogP contribution in [0.5, 0.6) is 0 Å². The summed E-state index contributed by atoms with van der Waals surface area (Å²) in [6.07, 6.45) is 12.0. The Labute approximate surface area is 201 Å². The fraction of sp³-hybridized carbons (Fsp3) is 0.654. The number of halogens is 1. The van der Waals surface area contributed by atoms with Crippen LogP contribution < -0.4 is 10.6 Å². The van der Waals surface area contributed by atoms with Crippen LogP contribution >= 0.6 is 0 Å². The van der Waals surface area contributed by atoms with Crippen molar-refractivity contribution in [3.63, 3.8) is 0 Å². The number of rotatable bonds is 5. The summed E-state index contributed by atoms with van der Waals surface area (Å²) in [6, 6.07) is 3.18. The van der Waals surface area contributed by atoms with Crippen LogP contribution in [0.1, 0.15) is 92.1 Å². The van der Waals surface area contributed by atoms with E-state index in [2.05, 4.69) is 18.5 Å². The van der Waals surface area contributed by atoms with Crippen molar-refractivity contribution in [2.75, 3.05) is 0 Å². The van der Waals surface area contributed by atoms with Gasteiger partial charge in [0.1, 0.15) is 19.7 Å². The molecule has 5 rings (SSSR count). The number of carbonyl (C=O) groups is 3. The molecule has 3 fully saturated rings. The summed E-state index contributed by atoms with van der Waals surface area (Å²) in [5.41, 5.74) is 1.60. The van der Waals surface area contributed by atoms with Crippen molar-refractivity contribution in [3.8, 4) is 0 Å². The number of fused-ring (bicyclic) bond motifs is 1. The third-order valence-corrected chi connectivity index (χ3v) is 8.61. The molecule has 1 aromatic rings. The fourth-order valence-electron chi connectivity index (χ4n) is 6.66. The summed E-state index contributed by atoms with van der Waals surface area (Å²) in [4.78, 5) is 38.2. The molecular formula is C26H35BFN3O3. The molecule has 2 aliphatic heterocycles. The van der Waals surface area contributed by atoms with E-state index in [1.807, 2.05) is 0 Å². The van der Waals surface area contributed by atoms with Gasteiger partial charge >= 0.3 is 0 Å². The lowest BCUT2D eigenvalue weighted by atomic mass is 9.66. The zero-order valence-electron chi connectivity index (χ0n) is 20.1. The zero-order chi connectivity index (χ0) is 23.9. The molecule has 3 atom stereocenters. The highest BCUT2D eigenvalue weighted by Crippen LogP contribution is 2.35. The molecule has 1 saturated heterocycles. The minimum atomic E-state index is -0.719. The quantitative estimate of drug-likeness (QED) is 0.516. The number of nitrogens with zero attached hydrogens (tertiary/aromatic N) is 1. The van der Waals surface area contributed by atoms with Gasteiger partial charge in [0.15, 0.2) is 0 Å². The molecule has 2 saturated carbocycles. The molecule has 2 aliphatic carbocycles. The monoisotopic (exact) mass is 467 g/mol. The molecule has 3 amide bonds. The lowest BCUT2D eigenvalue weighted by Gasteiger charge is -2.43. The molecule has 8 heteroatoms. The van der Waals surface area contributed by atoms with Crippen LogP contribution in [0, 0.1) is 11.7 Å². The second-order valence-electron chi connectivity index (χ2n) is 11.1. The smallest absolute Gasteiger partial charge is 0.255 e. The maximum Gasteiger partial charge on any atom is 0.255 e. The predicted molar refractivity (Wildman–Crippen MR) is 129 cm³/mol. The minimum absolute atomic E-state index is 0.0878. The van der Waals surface area contributed by atoms with Gasteiger partial charge in [-0.25, -0.2) is 4.39 Å². The molecule has 6 nitrogen and oxygen atoms in total. The highest BCUT2D eigenvalue weighted by atomic mass is 19.1. The predicted octanol–water partition coefficient (Wildman–Crippen LogP) is 2.57. The lowest BCUT2D eigenvalue weighted by Crippen LogP contribution is -2.55. The van der Waals surface area contributed by atoms with Crippen molar-refractivity contribution in [3.05, 3.63) is 34.6 Å². The second-order valence-corrected chi connectivity index (χ2v) is 11.1. The SMILES string of the molecule is BC1(N[C@H]2CCCC[C@@H]2Cc2ccc3c(c2F)CN(C2CCC(=O)NC2=O)C3=O)CCCCC1. The summed E-state index contributed by atoms with van der Waals surface area (Å²) < 4.78 is 15.7. The molecule has 1 unspecified atom stereocenters. The Morgan fingerprint density at radius 3 is 2.59 bits per heavy atom. The zero-order valence-corrected chi connectivity index (χ0v) is 20.1. The van der Waals surface area contributed by atoms with Gasteiger partial charge in [0.2, 0.25) is 11.8 Å². The van der Waals surface area contributed by atoms with E-state index in [1.54, 1.807) is 12.1 Å². The highest BCUT2D eigenvalue weighted by Gasteiger charge is 2.41. The Morgan fingerprint density at radius 2 is 1.82 bits per heavy atom. The van der Waals surface area contributed by atoms with Gasteiger partial charge in [-0.2, -0.15) is 0 Å². The Kier molecular flexibility index (Phi) is 6.53. The lowest BCUT2D eigenvalue weighted by molar-refractivity contribution is -0.136. The number of hydrogen-bond acceptors (Lipinski definition) is 4. The van der Waals surface area contributed by atoms with Crippen LogP contribution in [0.25, 0.3) is 0 Å². The number of benzene rings is 1. The van der Waals surface area contributed by atoms with E-state index in [-0.39, 0.29) is 42.5 Å². The number of carbonyl (C=O) groups excluding carboxylic acids is 3. The number of nitrogens with one attached hydrogen (secondary N) is 2. The van der Waals surface area contributed by atoms with Crippen LogP contribution in [-0.4, -0.2) is 48.0 Å². The molecular weight excluding hydrogens is 432 g/mol. The first kappa shape index (κ1) is 23.5. The molecule has 0 bridgehead atoms. The third-order valence-electron chi connectivity index (χ3n) is 8.61. The number of piperidine rings is 1. The molecule has 2 heterocycles. The van der Waals surface area contributed by atoms with Crippen molar-refractivity contribution >= 4 is 25.6 Å². The first-order valence-electron chi connectivity index (χ1n) is 13.1. The number of imide groups is 1. The van der Waals surface area contributed by atoms with Crippen molar-refractivity contribution in [2.45, 2.75) is 101 Å². The number of hydrogen-bond donors (Lipinski definition) is 2. The van der Waals surface area contributed by atoms with Crippen LogP contribution in [0.15, 0.2) is 12.1 Å². The van der Waals surface area contributed by atoms with Crippen LogP contribution in [0.3, 0.4) is 0 Å². The van der Waals surface area contributed by atoms with Gasteiger partial charge in [-0.15, -0.1) is 0 Å². The summed E-state index contributed by atoms with van der Waals surface area (Å²) >= 11 is 0. The average Bonchev–Trinajstić information content (AvgIpc) is 3.14. The van der Waals surface area contributed by atoms with Crippen LogP contribution in [0.2, 0.25) is 0 Å². The average molecular weight is 467 g/mol. The van der Waals surface area contributed by atoms with Gasteiger partial charge in [0.05, 0.1) is 6.54 Å². The maximum atomic E-state index is 15.7. The van der Waals surface area contributed by atoms with Crippen LogP contribution in [0.4, 0.5) is 4.39 Å². The second kappa shape index (κ2) is 9.44. The first-order valence-corrected chi connectivity index (χ1v) is 13.1. The number of amides is 3. The molecule has 0 aromatic heterocycles. The molecule has 1 aromatic carbocycles. The molecule has 4 aliphatic rings. The molecule has 182 valence electrons. The Morgan fingerprint density at radius 1 is 1.06 bits per heavy atom. The Bertz CT molecular complexity index is 994. The summed E-state index contributed by atoms with van der Waals surface area (Å²) in [7, 11) is 2.35. The molecule has 0 spiro atoms. The van der Waals surface area contributed by atoms with Crippen molar-refractivity contribution in [2.24, 2.45) is 5.92 Å². The van der Waals surface area contributed by atoms with E-state index in [9.17, 15) is 14.4 Å². The maximum absolute atomic E-state index is 15.7. The molecule has 2 N–H and O–H groups in total. The van der Waals surface area contributed by atoms with E-state index >= 15 is 4.39 Å². The van der Waals surface area contributed by atoms with Crippen molar-refractivity contribution in [1.82, 2.24) is 15.5 Å². The topological polar surface area (TPSA) is 78.5 Å². The van der Waals surface area contributed by atoms with Gasteiger partial charge in [-0.3, -0.25) is 19.7 Å². The normalized spacial score (nSPS) is 29.1. The van der Waals surface area contributed by atoms with Crippen LogP contribution in [-0.2, 0) is 22.6 Å². The Hall–Kier alpha value is -2.22.